The summed E-state index contributed by atoms with van der Waals surface area (Å²) in [4.78, 5) is 29.4. The number of nitrogens with one attached hydrogen (secondary N) is 3. The van der Waals surface area contributed by atoms with Gasteiger partial charge in [-0.1, -0.05) is 23.7 Å². The molecule has 1 heterocycles. The van der Waals surface area contributed by atoms with Crippen molar-refractivity contribution in [2.45, 2.75) is 13.8 Å². The fourth-order valence-electron chi connectivity index (χ4n) is 2.85. The predicted molar refractivity (Wildman–Crippen MR) is 134 cm³/mol. The second-order valence-corrected chi connectivity index (χ2v) is 7.50. The van der Waals surface area contributed by atoms with Crippen LogP contribution in [0.3, 0.4) is 0 Å². The maximum atomic E-state index is 13.1. The Labute approximate surface area is 201 Å². The van der Waals surface area contributed by atoms with E-state index in [9.17, 15) is 9.59 Å². The van der Waals surface area contributed by atoms with Crippen LogP contribution in [0.2, 0.25) is 5.02 Å². The molecule has 0 radical (unpaired) electrons. The van der Waals surface area contributed by atoms with Crippen molar-refractivity contribution < 1.29 is 14.3 Å². The van der Waals surface area contributed by atoms with Gasteiger partial charge in [-0.2, -0.15) is 10.2 Å². The summed E-state index contributed by atoms with van der Waals surface area (Å²) in [5.74, 6) is -0.520. The monoisotopic (exact) mass is 478 g/mol. The third-order valence-corrected chi connectivity index (χ3v) is 4.89. The van der Waals surface area contributed by atoms with Crippen molar-refractivity contribution in [3.63, 3.8) is 0 Å². The van der Waals surface area contributed by atoms with Gasteiger partial charge < -0.3 is 10.1 Å². The van der Waals surface area contributed by atoms with Crippen LogP contribution in [0.1, 0.15) is 22.8 Å². The maximum Gasteiger partial charge on any atom is 0.278 e. The number of halogens is 1. The smallest absolute Gasteiger partial charge is 0.278 e. The Morgan fingerprint density at radius 2 is 1.74 bits per heavy atom. The Hall–Kier alpha value is -4.24. The summed E-state index contributed by atoms with van der Waals surface area (Å²) in [6, 6.07) is 15.3. The van der Waals surface area contributed by atoms with Gasteiger partial charge >= 0.3 is 0 Å². The van der Waals surface area contributed by atoms with Gasteiger partial charge in [0.15, 0.2) is 5.71 Å². The Balaban J connectivity index is 1.88. The highest BCUT2D eigenvalue weighted by Crippen LogP contribution is 2.23. The summed E-state index contributed by atoms with van der Waals surface area (Å²) in [6.07, 6.45) is 2.99. The zero-order chi connectivity index (χ0) is 24.5. The number of aryl methyl sites for hydroxylation is 1. The van der Waals surface area contributed by atoms with Gasteiger partial charge in [0, 0.05) is 23.0 Å². The Kier molecular flexibility index (Phi) is 8.31. The number of pyridine rings is 1. The average molecular weight is 479 g/mol. The zero-order valence-electron chi connectivity index (χ0n) is 18.8. The lowest BCUT2D eigenvalue weighted by atomic mass is 10.2. The summed E-state index contributed by atoms with van der Waals surface area (Å²) in [5, 5.41) is 11.7. The third kappa shape index (κ3) is 6.39. The second kappa shape index (κ2) is 11.6. The molecule has 0 unspecified atom stereocenters. The third-order valence-electron chi connectivity index (χ3n) is 4.66. The number of nitrogens with zero attached hydrogens (tertiary/aromatic N) is 3. The summed E-state index contributed by atoms with van der Waals surface area (Å²) in [7, 11) is 1.51. The molecular weight excluding hydrogens is 456 g/mol. The molecular formula is C24H23ClN6O3. The zero-order valence-corrected chi connectivity index (χ0v) is 19.6. The first kappa shape index (κ1) is 24.4. The van der Waals surface area contributed by atoms with E-state index >= 15 is 0 Å². The number of aromatic nitrogens is 1. The van der Waals surface area contributed by atoms with E-state index in [1.165, 1.54) is 19.5 Å². The van der Waals surface area contributed by atoms with Crippen molar-refractivity contribution in [1.29, 1.82) is 0 Å². The molecule has 174 valence electrons. The standard InChI is InChI=1S/C24H23ClN6O3/c1-15-14-18(25)8-9-19(15)29-30-22(24(33)27-20-6-4-5-7-21(20)34-3)16(2)28-31-23(32)17-10-12-26-13-11-17/h4-14,29H,1-3H3,(H,27,33)(H,31,32)/b28-16+,30-22-. The maximum absolute atomic E-state index is 13.1. The van der Waals surface area contributed by atoms with Crippen molar-refractivity contribution in [3.8, 4) is 5.75 Å². The molecule has 0 spiro atoms. The van der Waals surface area contributed by atoms with Crippen LogP contribution in [0, 0.1) is 6.92 Å². The van der Waals surface area contributed by atoms with Crippen molar-refractivity contribution in [3.05, 3.63) is 83.1 Å². The van der Waals surface area contributed by atoms with Crippen molar-refractivity contribution >= 4 is 46.2 Å². The van der Waals surface area contributed by atoms with Crippen LogP contribution in [-0.2, 0) is 4.79 Å². The van der Waals surface area contributed by atoms with Crippen LogP contribution in [0.15, 0.2) is 77.2 Å². The highest BCUT2D eigenvalue weighted by Gasteiger charge is 2.18. The number of para-hydroxylation sites is 2. The Bertz CT molecular complexity index is 1240. The van der Waals surface area contributed by atoms with E-state index in [-0.39, 0.29) is 11.4 Å². The highest BCUT2D eigenvalue weighted by molar-refractivity contribution is 6.68. The number of rotatable bonds is 8. The first-order valence-electron chi connectivity index (χ1n) is 10.2. The molecule has 1 aromatic heterocycles. The molecule has 10 heteroatoms. The Morgan fingerprint density at radius 1 is 1.00 bits per heavy atom. The molecule has 2 amide bonds. The average Bonchev–Trinajstić information content (AvgIpc) is 2.84. The van der Waals surface area contributed by atoms with E-state index in [1.54, 1.807) is 61.5 Å². The van der Waals surface area contributed by atoms with Gasteiger partial charge in [-0.15, -0.1) is 0 Å². The van der Waals surface area contributed by atoms with Crippen LogP contribution < -0.4 is 20.9 Å². The summed E-state index contributed by atoms with van der Waals surface area (Å²) >= 11 is 6.02. The van der Waals surface area contributed by atoms with Crippen molar-refractivity contribution in [2.75, 3.05) is 17.9 Å². The van der Waals surface area contributed by atoms with E-state index in [0.717, 1.165) is 5.56 Å². The van der Waals surface area contributed by atoms with Crippen molar-refractivity contribution in [2.24, 2.45) is 10.2 Å². The lowest BCUT2D eigenvalue weighted by Crippen LogP contribution is -2.32. The van der Waals surface area contributed by atoms with E-state index in [1.807, 2.05) is 6.92 Å². The molecule has 0 aliphatic carbocycles. The topological polar surface area (TPSA) is 117 Å². The number of benzene rings is 2. The van der Waals surface area contributed by atoms with E-state index in [2.05, 4.69) is 31.4 Å². The normalized spacial score (nSPS) is 11.5. The van der Waals surface area contributed by atoms with Crippen LogP contribution >= 0.6 is 11.6 Å². The molecule has 0 aliphatic rings. The van der Waals surface area contributed by atoms with Gasteiger partial charge in [0.1, 0.15) is 5.75 Å². The first-order chi connectivity index (χ1) is 16.4. The number of methoxy groups -OCH3 is 1. The summed E-state index contributed by atoms with van der Waals surface area (Å²) in [5.41, 5.74) is 7.75. The minimum Gasteiger partial charge on any atom is -0.495 e. The van der Waals surface area contributed by atoms with Gasteiger partial charge in [0.2, 0.25) is 0 Å². The lowest BCUT2D eigenvalue weighted by molar-refractivity contribution is -0.110. The molecule has 3 aromatic rings. The molecule has 0 saturated heterocycles. The Morgan fingerprint density at radius 3 is 2.44 bits per heavy atom. The highest BCUT2D eigenvalue weighted by atomic mass is 35.5. The van der Waals surface area contributed by atoms with Gasteiger partial charge in [0.25, 0.3) is 11.8 Å². The van der Waals surface area contributed by atoms with Gasteiger partial charge in [0.05, 0.1) is 24.2 Å². The quantitative estimate of drug-likeness (QED) is 0.330. The molecule has 0 atom stereocenters. The van der Waals surface area contributed by atoms with E-state index < -0.39 is 11.8 Å². The number of carbonyl (C=O) groups excluding carboxylic acids is 2. The molecule has 3 rings (SSSR count). The molecule has 34 heavy (non-hydrogen) atoms. The number of anilines is 2. The summed E-state index contributed by atoms with van der Waals surface area (Å²) < 4.78 is 5.30. The first-order valence-corrected chi connectivity index (χ1v) is 10.6. The van der Waals surface area contributed by atoms with Gasteiger partial charge in [-0.3, -0.25) is 20.0 Å². The fourth-order valence-corrected chi connectivity index (χ4v) is 3.08. The predicted octanol–water partition coefficient (Wildman–Crippen LogP) is 4.26. The molecule has 0 fully saturated rings. The van der Waals surface area contributed by atoms with Crippen LogP contribution in [0.25, 0.3) is 0 Å². The SMILES string of the molecule is COc1ccccc1NC(=O)C(=N\Nc1ccc(Cl)cc1C)/C(C)=N/NC(=O)c1ccncc1. The fraction of sp³-hybridized carbons (Fsp3) is 0.125. The van der Waals surface area contributed by atoms with Gasteiger partial charge in [-0.05, 0) is 61.9 Å². The molecule has 0 bridgehead atoms. The van der Waals surface area contributed by atoms with Gasteiger partial charge in [-0.25, -0.2) is 5.43 Å². The minimum absolute atomic E-state index is 0.0460. The molecule has 3 N–H and O–H groups in total. The van der Waals surface area contributed by atoms with E-state index in [0.29, 0.717) is 27.7 Å². The number of hydrogen-bond acceptors (Lipinski definition) is 7. The number of amides is 2. The second-order valence-electron chi connectivity index (χ2n) is 7.06. The van der Waals surface area contributed by atoms with Crippen LogP contribution in [0.4, 0.5) is 11.4 Å². The molecule has 0 aliphatic heterocycles. The van der Waals surface area contributed by atoms with Crippen LogP contribution in [-0.4, -0.2) is 35.3 Å². The largest absolute Gasteiger partial charge is 0.495 e. The number of hydrogen-bond donors (Lipinski definition) is 3. The molecule has 9 nitrogen and oxygen atoms in total. The molecule has 0 saturated carbocycles. The minimum atomic E-state index is -0.553. The van der Waals surface area contributed by atoms with Crippen LogP contribution in [0.5, 0.6) is 5.75 Å². The number of hydrazone groups is 2. The number of carbonyl (C=O) groups is 2. The summed E-state index contributed by atoms with van der Waals surface area (Å²) in [6.45, 7) is 3.41. The lowest BCUT2D eigenvalue weighted by Gasteiger charge is -2.12. The number of ether oxygens (including phenoxy) is 1. The van der Waals surface area contributed by atoms with E-state index in [4.69, 9.17) is 16.3 Å². The van der Waals surface area contributed by atoms with Crippen molar-refractivity contribution in [1.82, 2.24) is 10.4 Å². The molecule has 2 aromatic carbocycles.